The molecule has 13 heavy (non-hydrogen) atoms. The number of hydrogen-bond acceptors (Lipinski definition) is 2. The van der Waals surface area contributed by atoms with E-state index in [4.69, 9.17) is 5.73 Å². The molecule has 70 valence electrons. The number of rotatable bonds is 4. The highest BCUT2D eigenvalue weighted by Gasteiger charge is 1.95. The molecule has 0 atom stereocenters. The Morgan fingerprint density at radius 2 is 2.08 bits per heavy atom. The van der Waals surface area contributed by atoms with Crippen LogP contribution < -0.4 is 5.73 Å². The highest BCUT2D eigenvalue weighted by molar-refractivity contribution is 7.99. The molecule has 0 saturated carbocycles. The van der Waals surface area contributed by atoms with Crippen molar-refractivity contribution in [2.75, 3.05) is 12.3 Å². The van der Waals surface area contributed by atoms with Gasteiger partial charge in [-0.3, -0.25) is 0 Å². The van der Waals surface area contributed by atoms with E-state index in [-0.39, 0.29) is 12.4 Å². The molecule has 0 saturated heterocycles. The highest BCUT2D eigenvalue weighted by atomic mass is 32.2. The van der Waals surface area contributed by atoms with Crippen molar-refractivity contribution < 1.29 is 4.39 Å². The predicted octanol–water partition coefficient (Wildman–Crippen LogP) is 2.59. The van der Waals surface area contributed by atoms with Gasteiger partial charge < -0.3 is 5.73 Å². The lowest BCUT2D eigenvalue weighted by Gasteiger charge is -1.98. The molecule has 0 unspecified atom stereocenters. The third-order valence-electron chi connectivity index (χ3n) is 1.46. The smallest absolute Gasteiger partial charge is 0.107 e. The molecule has 1 nitrogen and oxygen atoms in total. The lowest BCUT2D eigenvalue weighted by atomic mass is 10.4. The van der Waals surface area contributed by atoms with E-state index in [1.807, 2.05) is 30.3 Å². The van der Waals surface area contributed by atoms with Gasteiger partial charge in [-0.15, -0.1) is 11.8 Å². The van der Waals surface area contributed by atoms with Gasteiger partial charge >= 0.3 is 0 Å². The van der Waals surface area contributed by atoms with Gasteiger partial charge in [-0.2, -0.15) is 0 Å². The molecule has 0 heterocycles. The van der Waals surface area contributed by atoms with Crippen LogP contribution in [0.3, 0.4) is 0 Å². The minimum atomic E-state index is -0.156. The van der Waals surface area contributed by atoms with E-state index >= 15 is 0 Å². The summed E-state index contributed by atoms with van der Waals surface area (Å²) in [5, 5.41) is 0. The number of thioether (sulfide) groups is 1. The van der Waals surface area contributed by atoms with Gasteiger partial charge in [0.25, 0.3) is 0 Å². The van der Waals surface area contributed by atoms with Gasteiger partial charge in [0.2, 0.25) is 0 Å². The maximum atomic E-state index is 12.8. The molecular weight excluding hydrogens is 185 g/mol. The fraction of sp³-hybridized carbons (Fsp3) is 0.200. The van der Waals surface area contributed by atoms with Crippen LogP contribution in [0.25, 0.3) is 0 Å². The van der Waals surface area contributed by atoms with Crippen molar-refractivity contribution in [3.05, 3.63) is 42.2 Å². The summed E-state index contributed by atoms with van der Waals surface area (Å²) in [5.41, 5.74) is 5.17. The van der Waals surface area contributed by atoms with Crippen LogP contribution in [-0.4, -0.2) is 12.3 Å². The molecule has 0 aliphatic carbocycles. The molecule has 0 aliphatic rings. The van der Waals surface area contributed by atoms with Crippen LogP contribution in [0.5, 0.6) is 0 Å². The molecule has 3 heteroatoms. The first kappa shape index (κ1) is 10.3. The first-order valence-electron chi connectivity index (χ1n) is 4.05. The fourth-order valence-electron chi connectivity index (χ4n) is 0.856. The van der Waals surface area contributed by atoms with Crippen molar-refractivity contribution in [1.29, 1.82) is 0 Å². The lowest BCUT2D eigenvalue weighted by molar-refractivity contribution is 0.640. The summed E-state index contributed by atoms with van der Waals surface area (Å²) in [6.07, 6.45) is 1.40. The molecule has 0 aromatic heterocycles. The van der Waals surface area contributed by atoms with Crippen LogP contribution in [0.2, 0.25) is 0 Å². The van der Waals surface area contributed by atoms with Gasteiger partial charge in [-0.05, 0) is 18.2 Å². The summed E-state index contributed by atoms with van der Waals surface area (Å²) in [6.45, 7) is 0.265. The molecule has 0 bridgehead atoms. The highest BCUT2D eigenvalue weighted by Crippen LogP contribution is 2.19. The maximum Gasteiger partial charge on any atom is 0.107 e. The Balaban J connectivity index is 2.39. The van der Waals surface area contributed by atoms with E-state index in [1.165, 1.54) is 17.8 Å². The third-order valence-corrected chi connectivity index (χ3v) is 2.48. The number of halogens is 1. The van der Waals surface area contributed by atoms with Crippen LogP contribution in [-0.2, 0) is 0 Å². The molecule has 1 aromatic carbocycles. The van der Waals surface area contributed by atoms with E-state index in [0.717, 1.165) is 4.90 Å². The van der Waals surface area contributed by atoms with Crippen LogP contribution in [0.4, 0.5) is 4.39 Å². The summed E-state index contributed by atoms with van der Waals surface area (Å²) in [6, 6.07) is 9.73. The number of hydrogen-bond donors (Lipinski definition) is 1. The molecule has 0 spiro atoms. The summed E-state index contributed by atoms with van der Waals surface area (Å²) in [4.78, 5) is 1.07. The minimum Gasteiger partial charge on any atom is -0.327 e. The van der Waals surface area contributed by atoms with E-state index in [0.29, 0.717) is 5.75 Å². The Kier molecular flexibility index (Phi) is 4.57. The topological polar surface area (TPSA) is 26.0 Å². The monoisotopic (exact) mass is 197 g/mol. The molecule has 2 N–H and O–H groups in total. The van der Waals surface area contributed by atoms with E-state index < -0.39 is 0 Å². The Morgan fingerprint density at radius 3 is 2.69 bits per heavy atom. The Morgan fingerprint density at radius 1 is 1.38 bits per heavy atom. The molecular formula is C10H12FNS. The van der Waals surface area contributed by atoms with Crippen molar-refractivity contribution in [2.45, 2.75) is 4.90 Å². The first-order chi connectivity index (χ1) is 6.33. The SMILES string of the molecule is NCC=C(F)CSc1ccccc1. The summed E-state index contributed by atoms with van der Waals surface area (Å²) in [7, 11) is 0. The third kappa shape index (κ3) is 4.10. The van der Waals surface area contributed by atoms with Crippen molar-refractivity contribution >= 4 is 11.8 Å². The van der Waals surface area contributed by atoms with Crippen LogP contribution in [0, 0.1) is 0 Å². The van der Waals surface area contributed by atoms with Gasteiger partial charge in [0.15, 0.2) is 0 Å². The van der Waals surface area contributed by atoms with Crippen molar-refractivity contribution in [1.82, 2.24) is 0 Å². The Labute approximate surface area is 81.8 Å². The molecule has 1 rings (SSSR count). The van der Waals surface area contributed by atoms with Crippen LogP contribution >= 0.6 is 11.8 Å². The quantitative estimate of drug-likeness (QED) is 0.751. The Hall–Kier alpha value is -0.800. The normalized spacial score (nSPS) is 11.7. The zero-order valence-electron chi connectivity index (χ0n) is 7.24. The second kappa shape index (κ2) is 5.78. The molecule has 0 radical (unpaired) electrons. The molecule has 0 fully saturated rings. The summed E-state index contributed by atoms with van der Waals surface area (Å²) >= 11 is 1.47. The molecule has 0 amide bonds. The minimum absolute atomic E-state index is 0.156. The number of benzene rings is 1. The van der Waals surface area contributed by atoms with E-state index in [9.17, 15) is 4.39 Å². The fourth-order valence-corrected chi connectivity index (χ4v) is 1.63. The van der Waals surface area contributed by atoms with Gasteiger partial charge in [0.1, 0.15) is 5.83 Å². The second-order valence-corrected chi connectivity index (χ2v) is 3.54. The maximum absolute atomic E-state index is 12.8. The zero-order chi connectivity index (χ0) is 9.52. The standard InChI is InChI=1S/C10H12FNS/c11-9(6-7-12)8-13-10-4-2-1-3-5-10/h1-6H,7-8,12H2. The van der Waals surface area contributed by atoms with E-state index in [2.05, 4.69) is 0 Å². The van der Waals surface area contributed by atoms with E-state index in [1.54, 1.807) is 0 Å². The first-order valence-corrected chi connectivity index (χ1v) is 5.04. The van der Waals surface area contributed by atoms with Crippen LogP contribution in [0.1, 0.15) is 0 Å². The molecule has 0 aliphatic heterocycles. The average molecular weight is 197 g/mol. The predicted molar refractivity (Wildman–Crippen MR) is 55.4 cm³/mol. The van der Waals surface area contributed by atoms with Crippen LogP contribution in [0.15, 0.2) is 47.1 Å². The Bertz CT molecular complexity index is 272. The largest absolute Gasteiger partial charge is 0.327 e. The molecule has 1 aromatic rings. The average Bonchev–Trinajstić information content (AvgIpc) is 2.17. The van der Waals surface area contributed by atoms with Crippen molar-refractivity contribution in [3.63, 3.8) is 0 Å². The van der Waals surface area contributed by atoms with Gasteiger partial charge in [-0.1, -0.05) is 18.2 Å². The van der Waals surface area contributed by atoms with Gasteiger partial charge in [-0.25, -0.2) is 4.39 Å². The van der Waals surface area contributed by atoms with Gasteiger partial charge in [0.05, 0.1) is 0 Å². The summed E-state index contributed by atoms with van der Waals surface area (Å²) in [5.74, 6) is 0.206. The second-order valence-electron chi connectivity index (χ2n) is 2.49. The van der Waals surface area contributed by atoms with Gasteiger partial charge in [0, 0.05) is 17.2 Å². The summed E-state index contributed by atoms with van der Waals surface area (Å²) < 4.78 is 12.8. The van der Waals surface area contributed by atoms with Crippen molar-refractivity contribution in [2.24, 2.45) is 5.73 Å². The number of nitrogens with two attached hydrogens (primary N) is 1. The zero-order valence-corrected chi connectivity index (χ0v) is 8.06. The lowest BCUT2D eigenvalue weighted by Crippen LogP contribution is -1.94. The van der Waals surface area contributed by atoms with Crippen molar-refractivity contribution in [3.8, 4) is 0 Å².